The molecule has 0 unspecified atom stereocenters. The predicted molar refractivity (Wildman–Crippen MR) is 88.4 cm³/mol. The Labute approximate surface area is 140 Å². The van der Waals surface area contributed by atoms with Crippen molar-refractivity contribution < 1.29 is 14.3 Å². The number of methoxy groups -OCH3 is 2. The zero-order chi connectivity index (χ0) is 17.1. The zero-order valence-corrected chi connectivity index (χ0v) is 14.6. The van der Waals surface area contributed by atoms with Gasteiger partial charge in [0.25, 0.3) is 5.91 Å². The SMILES string of the molecule is COc1ccc(OC)c([C@@H](C)NC(=O)c2c(C)nn(C)c2Cl)c1. The van der Waals surface area contributed by atoms with E-state index in [0.29, 0.717) is 27.9 Å². The second kappa shape index (κ2) is 6.91. The Bertz CT molecular complexity index is 728. The molecular weight excluding hydrogens is 318 g/mol. The van der Waals surface area contributed by atoms with Gasteiger partial charge in [-0.1, -0.05) is 11.6 Å². The molecule has 0 aliphatic rings. The number of rotatable bonds is 5. The molecule has 1 atom stereocenters. The van der Waals surface area contributed by atoms with Crippen LogP contribution in [0, 0.1) is 6.92 Å². The van der Waals surface area contributed by atoms with Crippen molar-refractivity contribution in [2.45, 2.75) is 19.9 Å². The van der Waals surface area contributed by atoms with Crippen LogP contribution in [-0.4, -0.2) is 29.9 Å². The van der Waals surface area contributed by atoms with E-state index in [-0.39, 0.29) is 11.9 Å². The largest absolute Gasteiger partial charge is 0.497 e. The first-order chi connectivity index (χ1) is 10.9. The lowest BCUT2D eigenvalue weighted by molar-refractivity contribution is 0.0939. The fourth-order valence-electron chi connectivity index (χ4n) is 2.41. The first kappa shape index (κ1) is 17.1. The first-order valence-electron chi connectivity index (χ1n) is 7.11. The highest BCUT2D eigenvalue weighted by molar-refractivity contribution is 6.33. The van der Waals surface area contributed by atoms with Crippen molar-refractivity contribution in [1.29, 1.82) is 0 Å². The molecule has 1 heterocycles. The molecule has 0 radical (unpaired) electrons. The summed E-state index contributed by atoms with van der Waals surface area (Å²) in [6.45, 7) is 3.62. The molecule has 0 spiro atoms. The Kier molecular flexibility index (Phi) is 5.15. The van der Waals surface area contributed by atoms with E-state index in [4.69, 9.17) is 21.1 Å². The van der Waals surface area contributed by atoms with Crippen LogP contribution in [0.4, 0.5) is 0 Å². The fraction of sp³-hybridized carbons (Fsp3) is 0.375. The summed E-state index contributed by atoms with van der Waals surface area (Å²) in [5.74, 6) is 1.09. The topological polar surface area (TPSA) is 65.4 Å². The summed E-state index contributed by atoms with van der Waals surface area (Å²) >= 11 is 6.14. The quantitative estimate of drug-likeness (QED) is 0.911. The highest BCUT2D eigenvalue weighted by Crippen LogP contribution is 2.30. The third-order valence-electron chi connectivity index (χ3n) is 3.63. The maximum Gasteiger partial charge on any atom is 0.256 e. The van der Waals surface area contributed by atoms with Gasteiger partial charge < -0.3 is 14.8 Å². The summed E-state index contributed by atoms with van der Waals surface area (Å²) < 4.78 is 12.1. The van der Waals surface area contributed by atoms with E-state index in [1.54, 1.807) is 40.3 Å². The molecule has 0 fully saturated rings. The average Bonchev–Trinajstić information content (AvgIpc) is 2.79. The second-order valence-electron chi connectivity index (χ2n) is 5.18. The van der Waals surface area contributed by atoms with E-state index in [9.17, 15) is 4.79 Å². The van der Waals surface area contributed by atoms with Crippen molar-refractivity contribution in [2.24, 2.45) is 7.05 Å². The second-order valence-corrected chi connectivity index (χ2v) is 5.54. The van der Waals surface area contributed by atoms with E-state index in [1.807, 2.05) is 13.0 Å². The van der Waals surface area contributed by atoms with Gasteiger partial charge in [0.1, 0.15) is 16.7 Å². The molecule has 0 aliphatic carbocycles. The lowest BCUT2D eigenvalue weighted by Gasteiger charge is -2.18. The monoisotopic (exact) mass is 337 g/mol. The number of nitrogens with one attached hydrogen (secondary N) is 1. The number of carbonyl (C=O) groups excluding carboxylic acids is 1. The molecular formula is C16H20ClN3O3. The summed E-state index contributed by atoms with van der Waals surface area (Å²) in [7, 11) is 4.87. The number of ether oxygens (including phenoxy) is 2. The Morgan fingerprint density at radius 1 is 1.35 bits per heavy atom. The van der Waals surface area contributed by atoms with Crippen molar-refractivity contribution in [3.63, 3.8) is 0 Å². The van der Waals surface area contributed by atoms with E-state index < -0.39 is 0 Å². The van der Waals surface area contributed by atoms with Gasteiger partial charge in [0.15, 0.2) is 0 Å². The van der Waals surface area contributed by atoms with E-state index in [2.05, 4.69) is 10.4 Å². The van der Waals surface area contributed by atoms with Gasteiger partial charge in [0.2, 0.25) is 0 Å². The summed E-state index contributed by atoms with van der Waals surface area (Å²) in [6.07, 6.45) is 0. The number of aryl methyl sites for hydroxylation is 2. The molecule has 1 aromatic heterocycles. The molecule has 0 aliphatic heterocycles. The molecule has 0 saturated heterocycles. The number of hydrogen-bond acceptors (Lipinski definition) is 4. The maximum absolute atomic E-state index is 12.5. The standard InChI is InChI=1S/C16H20ClN3O3/c1-9(12-8-11(22-4)6-7-13(12)23-5)18-16(21)14-10(2)19-20(3)15(14)17/h6-9H,1-5H3,(H,18,21)/t9-/m1/s1. The number of halogens is 1. The normalized spacial score (nSPS) is 11.9. The highest BCUT2D eigenvalue weighted by atomic mass is 35.5. The van der Waals surface area contributed by atoms with Gasteiger partial charge in [-0.05, 0) is 32.0 Å². The number of benzene rings is 1. The fourth-order valence-corrected chi connectivity index (χ4v) is 2.67. The van der Waals surface area contributed by atoms with E-state index >= 15 is 0 Å². The van der Waals surface area contributed by atoms with Crippen molar-refractivity contribution in [1.82, 2.24) is 15.1 Å². The van der Waals surface area contributed by atoms with Crippen LogP contribution in [-0.2, 0) is 7.05 Å². The molecule has 23 heavy (non-hydrogen) atoms. The van der Waals surface area contributed by atoms with Gasteiger partial charge in [-0.25, -0.2) is 0 Å². The number of aromatic nitrogens is 2. The van der Waals surface area contributed by atoms with Crippen LogP contribution >= 0.6 is 11.6 Å². The van der Waals surface area contributed by atoms with E-state index in [0.717, 1.165) is 5.56 Å². The molecule has 7 heteroatoms. The van der Waals surface area contributed by atoms with Gasteiger partial charge in [-0.15, -0.1) is 0 Å². The van der Waals surface area contributed by atoms with Crippen molar-refractivity contribution in [2.75, 3.05) is 14.2 Å². The van der Waals surface area contributed by atoms with Gasteiger partial charge in [0.05, 0.1) is 31.5 Å². The van der Waals surface area contributed by atoms with Crippen LogP contribution < -0.4 is 14.8 Å². The van der Waals surface area contributed by atoms with Crippen molar-refractivity contribution in [3.05, 3.63) is 40.2 Å². The Morgan fingerprint density at radius 3 is 2.57 bits per heavy atom. The summed E-state index contributed by atoms with van der Waals surface area (Å²) in [6, 6.07) is 5.16. The number of amides is 1. The number of nitrogens with zero attached hydrogens (tertiary/aromatic N) is 2. The van der Waals surface area contributed by atoms with Crippen LogP contribution in [0.15, 0.2) is 18.2 Å². The third-order valence-corrected chi connectivity index (χ3v) is 4.06. The molecule has 124 valence electrons. The minimum absolute atomic E-state index is 0.280. The number of hydrogen-bond donors (Lipinski definition) is 1. The minimum atomic E-state index is -0.289. The molecule has 1 N–H and O–H groups in total. The van der Waals surface area contributed by atoms with Crippen LogP contribution in [0.3, 0.4) is 0 Å². The minimum Gasteiger partial charge on any atom is -0.497 e. The number of carbonyl (C=O) groups is 1. The van der Waals surface area contributed by atoms with Crippen molar-refractivity contribution >= 4 is 17.5 Å². The van der Waals surface area contributed by atoms with Gasteiger partial charge in [0, 0.05) is 12.6 Å². The van der Waals surface area contributed by atoms with Crippen LogP contribution in [0.25, 0.3) is 0 Å². The van der Waals surface area contributed by atoms with Crippen LogP contribution in [0.5, 0.6) is 11.5 Å². The van der Waals surface area contributed by atoms with Crippen LogP contribution in [0.1, 0.15) is 34.6 Å². The first-order valence-corrected chi connectivity index (χ1v) is 7.48. The lowest BCUT2D eigenvalue weighted by Crippen LogP contribution is -2.27. The maximum atomic E-state index is 12.5. The molecule has 6 nitrogen and oxygen atoms in total. The molecule has 0 saturated carbocycles. The average molecular weight is 338 g/mol. The summed E-state index contributed by atoms with van der Waals surface area (Å²) in [4.78, 5) is 12.5. The molecule has 1 amide bonds. The Balaban J connectivity index is 2.28. The smallest absolute Gasteiger partial charge is 0.256 e. The Hall–Kier alpha value is -2.21. The molecule has 2 aromatic rings. The summed E-state index contributed by atoms with van der Waals surface area (Å²) in [5.41, 5.74) is 1.78. The predicted octanol–water partition coefficient (Wildman–Crippen LogP) is 2.89. The van der Waals surface area contributed by atoms with Gasteiger partial charge >= 0.3 is 0 Å². The van der Waals surface area contributed by atoms with Gasteiger partial charge in [-0.3, -0.25) is 9.48 Å². The third kappa shape index (κ3) is 3.42. The van der Waals surface area contributed by atoms with Crippen molar-refractivity contribution in [3.8, 4) is 11.5 Å². The highest BCUT2D eigenvalue weighted by Gasteiger charge is 2.22. The van der Waals surface area contributed by atoms with Gasteiger partial charge in [-0.2, -0.15) is 5.10 Å². The zero-order valence-electron chi connectivity index (χ0n) is 13.8. The van der Waals surface area contributed by atoms with Crippen LogP contribution in [0.2, 0.25) is 5.15 Å². The molecule has 0 bridgehead atoms. The van der Waals surface area contributed by atoms with E-state index in [1.165, 1.54) is 4.68 Å². The summed E-state index contributed by atoms with van der Waals surface area (Å²) in [5, 5.41) is 7.38. The lowest BCUT2D eigenvalue weighted by atomic mass is 10.1. The molecule has 2 rings (SSSR count). The molecule has 1 aromatic carbocycles. The Morgan fingerprint density at radius 2 is 2.04 bits per heavy atom.